The van der Waals surface area contributed by atoms with Gasteiger partial charge in [0.05, 0.1) is 9.72 Å². The quantitative estimate of drug-likeness (QED) is 0.704. The Hall–Kier alpha value is -1.37. The average Bonchev–Trinajstić information content (AvgIpc) is 3.08. The van der Waals surface area contributed by atoms with E-state index in [4.69, 9.17) is 11.6 Å². The third kappa shape index (κ3) is 3.16. The van der Waals surface area contributed by atoms with Crippen molar-refractivity contribution < 1.29 is 0 Å². The lowest BCUT2D eigenvalue weighted by Crippen LogP contribution is -2.38. The molecule has 3 heterocycles. The van der Waals surface area contributed by atoms with Crippen LogP contribution in [0.25, 0.3) is 10.2 Å². The summed E-state index contributed by atoms with van der Waals surface area (Å²) in [5.41, 5.74) is -0.472. The van der Waals surface area contributed by atoms with Crippen molar-refractivity contribution in [2.75, 3.05) is 0 Å². The highest BCUT2D eigenvalue weighted by Gasteiger charge is 2.15. The van der Waals surface area contributed by atoms with Crippen LogP contribution in [0.4, 0.5) is 0 Å². The van der Waals surface area contributed by atoms with Crippen molar-refractivity contribution in [3.63, 3.8) is 0 Å². The molecule has 7 heteroatoms. The first-order valence-corrected chi connectivity index (χ1v) is 9.34. The molecular weight excluding hydrogens is 352 g/mol. The summed E-state index contributed by atoms with van der Waals surface area (Å²) in [6.07, 6.45) is 0.732. The van der Waals surface area contributed by atoms with Crippen molar-refractivity contribution in [2.45, 2.75) is 26.8 Å². The minimum absolute atomic E-state index is 0.225. The molecule has 122 valence electrons. The lowest BCUT2D eigenvalue weighted by Gasteiger charge is -2.11. The lowest BCUT2D eigenvalue weighted by molar-refractivity contribution is 0.504. The summed E-state index contributed by atoms with van der Waals surface area (Å²) in [7, 11) is 1.54. The Balaban J connectivity index is 2.15. The molecule has 0 unspecified atom stereocenters. The fourth-order valence-electron chi connectivity index (χ4n) is 2.55. The van der Waals surface area contributed by atoms with E-state index in [0.29, 0.717) is 17.8 Å². The van der Waals surface area contributed by atoms with Gasteiger partial charge in [0, 0.05) is 29.8 Å². The van der Waals surface area contributed by atoms with Gasteiger partial charge in [-0.3, -0.25) is 13.9 Å². The Morgan fingerprint density at radius 3 is 2.52 bits per heavy atom. The number of hydrogen-bond donors (Lipinski definition) is 0. The van der Waals surface area contributed by atoms with Crippen molar-refractivity contribution in [3.8, 4) is 0 Å². The number of hydrogen-bond acceptors (Lipinski definition) is 4. The molecule has 0 spiro atoms. The fraction of sp³-hybridized carbons (Fsp3) is 0.375. The molecule has 3 aromatic rings. The van der Waals surface area contributed by atoms with Gasteiger partial charge in [0.2, 0.25) is 0 Å². The van der Waals surface area contributed by atoms with E-state index in [1.165, 1.54) is 34.3 Å². The molecular formula is C16H17ClN2O2S2. The van der Waals surface area contributed by atoms with E-state index >= 15 is 0 Å². The van der Waals surface area contributed by atoms with Crippen molar-refractivity contribution in [2.24, 2.45) is 13.0 Å². The first kappa shape index (κ1) is 16.5. The van der Waals surface area contributed by atoms with Gasteiger partial charge in [0.15, 0.2) is 0 Å². The van der Waals surface area contributed by atoms with E-state index in [-0.39, 0.29) is 11.2 Å². The van der Waals surface area contributed by atoms with Crippen LogP contribution in [-0.2, 0) is 20.0 Å². The second-order valence-corrected chi connectivity index (χ2v) is 8.88. The molecule has 0 aliphatic heterocycles. The number of aromatic nitrogens is 2. The first-order valence-electron chi connectivity index (χ1n) is 7.33. The van der Waals surface area contributed by atoms with E-state index in [9.17, 15) is 9.59 Å². The fourth-order valence-corrected chi connectivity index (χ4v) is 4.93. The van der Waals surface area contributed by atoms with Gasteiger partial charge in [-0.05, 0) is 24.1 Å². The van der Waals surface area contributed by atoms with E-state index < -0.39 is 0 Å². The zero-order valence-electron chi connectivity index (χ0n) is 13.1. The van der Waals surface area contributed by atoms with Crippen LogP contribution in [0.3, 0.4) is 0 Å². The molecule has 4 nitrogen and oxygen atoms in total. The Bertz CT molecular complexity index is 978. The van der Waals surface area contributed by atoms with E-state index in [1.807, 2.05) is 18.2 Å². The van der Waals surface area contributed by atoms with Gasteiger partial charge in [-0.15, -0.1) is 22.7 Å². The average molecular weight is 369 g/mol. The number of rotatable bonds is 4. The van der Waals surface area contributed by atoms with Gasteiger partial charge in [0.25, 0.3) is 5.56 Å². The summed E-state index contributed by atoms with van der Waals surface area (Å²) in [5.74, 6) is 0.329. The zero-order chi connectivity index (χ0) is 16.7. The molecule has 0 bridgehead atoms. The van der Waals surface area contributed by atoms with E-state index in [0.717, 1.165) is 25.3 Å². The highest BCUT2D eigenvalue weighted by atomic mass is 35.5. The maximum Gasteiger partial charge on any atom is 0.331 e. The maximum atomic E-state index is 12.4. The monoisotopic (exact) mass is 368 g/mol. The summed E-state index contributed by atoms with van der Waals surface area (Å²) in [6, 6.07) is 5.78. The summed E-state index contributed by atoms with van der Waals surface area (Å²) in [5, 5.41) is 0.621. The third-order valence-electron chi connectivity index (χ3n) is 3.59. The zero-order valence-corrected chi connectivity index (χ0v) is 15.5. The van der Waals surface area contributed by atoms with Crippen LogP contribution in [0.2, 0.25) is 4.34 Å². The van der Waals surface area contributed by atoms with Crippen LogP contribution in [0.1, 0.15) is 23.6 Å². The molecule has 0 amide bonds. The molecule has 0 aromatic carbocycles. The van der Waals surface area contributed by atoms with Gasteiger partial charge in [-0.25, -0.2) is 4.79 Å². The van der Waals surface area contributed by atoms with Gasteiger partial charge in [-0.2, -0.15) is 0 Å². The SMILES string of the molecule is CC(C)Cn1c(=O)n(C)c(=O)c2cc(Cc3ccc(Cl)s3)sc21. The molecule has 0 atom stereocenters. The van der Waals surface area contributed by atoms with Gasteiger partial charge in [-0.1, -0.05) is 25.4 Å². The molecule has 0 radical (unpaired) electrons. The topological polar surface area (TPSA) is 44.0 Å². The Labute approximate surface area is 146 Å². The molecule has 0 aliphatic carbocycles. The van der Waals surface area contributed by atoms with Crippen LogP contribution in [0.15, 0.2) is 27.8 Å². The summed E-state index contributed by atoms with van der Waals surface area (Å²) < 4.78 is 3.67. The smallest absolute Gasteiger partial charge is 0.284 e. The summed E-state index contributed by atoms with van der Waals surface area (Å²) in [6.45, 7) is 4.73. The van der Waals surface area contributed by atoms with Crippen LogP contribution in [-0.4, -0.2) is 9.13 Å². The first-order chi connectivity index (χ1) is 10.9. The molecule has 0 aliphatic rings. The predicted octanol–water partition coefficient (Wildman–Crippen LogP) is 3.72. The minimum atomic E-state index is -0.247. The lowest BCUT2D eigenvalue weighted by atomic mass is 10.2. The minimum Gasteiger partial charge on any atom is -0.284 e. The van der Waals surface area contributed by atoms with Gasteiger partial charge >= 0.3 is 5.69 Å². The van der Waals surface area contributed by atoms with Crippen LogP contribution in [0.5, 0.6) is 0 Å². The molecule has 23 heavy (non-hydrogen) atoms. The van der Waals surface area contributed by atoms with Crippen molar-refractivity contribution in [1.29, 1.82) is 0 Å². The summed E-state index contributed by atoms with van der Waals surface area (Å²) in [4.78, 5) is 27.8. The summed E-state index contributed by atoms with van der Waals surface area (Å²) >= 11 is 9.04. The normalized spacial score (nSPS) is 11.7. The second kappa shape index (κ2) is 6.26. The molecule has 0 saturated carbocycles. The Kier molecular flexibility index (Phi) is 4.49. The largest absolute Gasteiger partial charge is 0.331 e. The molecule has 3 rings (SSSR count). The molecule has 0 N–H and O–H groups in total. The number of thiophene rings is 2. The van der Waals surface area contributed by atoms with E-state index in [1.54, 1.807) is 4.57 Å². The Morgan fingerprint density at radius 1 is 1.17 bits per heavy atom. The molecule has 3 aromatic heterocycles. The predicted molar refractivity (Wildman–Crippen MR) is 98.3 cm³/mol. The van der Waals surface area contributed by atoms with Crippen molar-refractivity contribution >= 4 is 44.5 Å². The number of nitrogens with zero attached hydrogens (tertiary/aromatic N) is 2. The van der Waals surface area contributed by atoms with Crippen LogP contribution < -0.4 is 11.2 Å². The molecule has 0 saturated heterocycles. The van der Waals surface area contributed by atoms with Gasteiger partial charge in [0.1, 0.15) is 4.83 Å². The van der Waals surface area contributed by atoms with E-state index in [2.05, 4.69) is 13.8 Å². The number of fused-ring (bicyclic) bond motifs is 1. The van der Waals surface area contributed by atoms with Gasteiger partial charge < -0.3 is 0 Å². The standard InChI is InChI=1S/C16H17ClN2O2S2/c1-9(2)8-19-15-12(14(20)18(3)16(19)21)7-11(23-15)6-10-4-5-13(17)22-10/h4-5,7,9H,6,8H2,1-3H3. The second-order valence-electron chi connectivity index (χ2n) is 5.97. The van der Waals surface area contributed by atoms with Crippen LogP contribution >= 0.6 is 34.3 Å². The Morgan fingerprint density at radius 2 is 1.91 bits per heavy atom. The highest BCUT2D eigenvalue weighted by molar-refractivity contribution is 7.19. The maximum absolute atomic E-state index is 12.4. The van der Waals surface area contributed by atoms with Crippen LogP contribution in [0, 0.1) is 5.92 Å². The third-order valence-corrected chi connectivity index (χ3v) is 5.98. The molecule has 0 fully saturated rings. The van der Waals surface area contributed by atoms with Crippen molar-refractivity contribution in [3.05, 3.63) is 53.1 Å². The number of halogens is 1. The highest BCUT2D eigenvalue weighted by Crippen LogP contribution is 2.29. The van der Waals surface area contributed by atoms with Crippen molar-refractivity contribution in [1.82, 2.24) is 9.13 Å².